The van der Waals surface area contributed by atoms with Gasteiger partial charge < -0.3 is 10.1 Å². The number of carbonyl (C=O) groups is 2. The van der Waals surface area contributed by atoms with E-state index in [4.69, 9.17) is 4.74 Å². The van der Waals surface area contributed by atoms with E-state index in [0.717, 1.165) is 12.1 Å². The van der Waals surface area contributed by atoms with E-state index in [2.05, 4.69) is 5.32 Å². The fourth-order valence-corrected chi connectivity index (χ4v) is 3.56. The van der Waals surface area contributed by atoms with Crippen LogP contribution in [0.5, 0.6) is 0 Å². The van der Waals surface area contributed by atoms with Gasteiger partial charge in [0.15, 0.2) is 5.60 Å². The summed E-state index contributed by atoms with van der Waals surface area (Å²) in [6.07, 6.45) is 0.926. The Labute approximate surface area is 126 Å². The summed E-state index contributed by atoms with van der Waals surface area (Å²) in [4.78, 5) is 24.8. The van der Waals surface area contributed by atoms with Gasteiger partial charge in [0.25, 0.3) is 5.91 Å². The number of esters is 1. The molecule has 3 rings (SSSR count). The summed E-state index contributed by atoms with van der Waals surface area (Å²) >= 11 is 0. The summed E-state index contributed by atoms with van der Waals surface area (Å²) in [5, 5.41) is 2.43. The Morgan fingerprint density at radius 2 is 1.91 bits per heavy atom. The number of ether oxygens (including phenoxy) is 1. The topological polar surface area (TPSA) is 55.4 Å². The molecule has 4 nitrogen and oxygen atoms in total. The highest BCUT2D eigenvalue weighted by Crippen LogP contribution is 2.65. The largest absolute Gasteiger partial charge is 0.448 e. The fraction of sp³-hybridized carbons (Fsp3) is 0.500. The number of carbonyl (C=O) groups excluding carboxylic acids is 2. The number of benzene rings is 1. The van der Waals surface area contributed by atoms with Crippen molar-refractivity contribution in [2.75, 3.05) is 5.32 Å². The lowest BCUT2D eigenvalue weighted by atomic mass is 9.66. The monoisotopic (exact) mass is 309 g/mol. The summed E-state index contributed by atoms with van der Waals surface area (Å²) in [5.74, 6) is -2.57. The second-order valence-corrected chi connectivity index (χ2v) is 6.75. The molecular formula is C16H17F2NO3. The molecule has 1 aromatic rings. The van der Waals surface area contributed by atoms with Crippen LogP contribution in [0.15, 0.2) is 18.2 Å². The minimum atomic E-state index is -1.32. The number of anilines is 1. The maximum Gasteiger partial charge on any atom is 0.313 e. The molecule has 2 bridgehead atoms. The average Bonchev–Trinajstić information content (AvgIpc) is 2.72. The highest BCUT2D eigenvalue weighted by molar-refractivity contribution is 6.03. The number of hydrogen-bond donors (Lipinski definition) is 1. The van der Waals surface area contributed by atoms with E-state index in [1.807, 2.05) is 13.8 Å². The maximum absolute atomic E-state index is 13.7. The van der Waals surface area contributed by atoms with E-state index < -0.39 is 39.9 Å². The molecule has 2 fully saturated rings. The molecule has 1 aliphatic carbocycles. The van der Waals surface area contributed by atoms with E-state index in [1.54, 1.807) is 6.92 Å². The van der Waals surface area contributed by atoms with Crippen molar-refractivity contribution in [2.24, 2.45) is 10.8 Å². The van der Waals surface area contributed by atoms with Gasteiger partial charge in [-0.15, -0.1) is 0 Å². The molecule has 2 aliphatic rings. The van der Waals surface area contributed by atoms with Crippen LogP contribution in [-0.2, 0) is 14.3 Å². The van der Waals surface area contributed by atoms with Crippen molar-refractivity contribution in [3.63, 3.8) is 0 Å². The van der Waals surface area contributed by atoms with Gasteiger partial charge in [-0.25, -0.2) is 8.78 Å². The first kappa shape index (κ1) is 14.9. The van der Waals surface area contributed by atoms with E-state index in [9.17, 15) is 18.4 Å². The number of fused-ring (bicyclic) bond motifs is 2. The number of hydrogen-bond acceptors (Lipinski definition) is 3. The Balaban J connectivity index is 1.94. The van der Waals surface area contributed by atoms with Crippen LogP contribution in [0.3, 0.4) is 0 Å². The molecular weight excluding hydrogens is 292 g/mol. The molecule has 0 unspecified atom stereocenters. The highest BCUT2D eigenvalue weighted by atomic mass is 19.1. The quantitative estimate of drug-likeness (QED) is 0.854. The summed E-state index contributed by atoms with van der Waals surface area (Å²) in [7, 11) is 0. The lowest BCUT2D eigenvalue weighted by Gasteiger charge is -2.35. The minimum absolute atomic E-state index is 0.131. The second kappa shape index (κ2) is 4.27. The van der Waals surface area contributed by atoms with Gasteiger partial charge in [-0.05, 0) is 31.9 Å². The summed E-state index contributed by atoms with van der Waals surface area (Å²) in [6, 6.07) is 2.90. The average molecular weight is 309 g/mol. The second-order valence-electron chi connectivity index (χ2n) is 6.75. The standard InChI is InChI=1S/C16H17F2NO3/c1-14(2)15(3)6-7-16(14,22-13(15)21)12(20)19-11-5-4-9(17)8-10(11)18/h4-5,8H,6-7H2,1-3H3,(H,19,20)/t15-,16-/m1/s1. The minimum Gasteiger partial charge on any atom is -0.448 e. The van der Waals surface area contributed by atoms with Crippen molar-refractivity contribution < 1.29 is 23.1 Å². The Bertz CT molecular complexity index is 688. The third kappa shape index (κ3) is 1.61. The molecule has 22 heavy (non-hydrogen) atoms. The smallest absolute Gasteiger partial charge is 0.313 e. The molecule has 1 heterocycles. The van der Waals surface area contributed by atoms with E-state index in [-0.39, 0.29) is 5.69 Å². The summed E-state index contributed by atoms with van der Waals surface area (Å²) < 4.78 is 32.1. The van der Waals surface area contributed by atoms with Gasteiger partial charge in [0.05, 0.1) is 11.1 Å². The van der Waals surface area contributed by atoms with Gasteiger partial charge in [-0.3, -0.25) is 9.59 Å². The third-order valence-electron chi connectivity index (χ3n) is 5.63. The van der Waals surface area contributed by atoms with Gasteiger partial charge in [0, 0.05) is 11.5 Å². The van der Waals surface area contributed by atoms with Gasteiger partial charge in [-0.2, -0.15) is 0 Å². The molecule has 0 radical (unpaired) electrons. The van der Waals surface area contributed by atoms with Gasteiger partial charge >= 0.3 is 5.97 Å². The number of amides is 1. The van der Waals surface area contributed by atoms with Crippen LogP contribution in [0.2, 0.25) is 0 Å². The zero-order valence-corrected chi connectivity index (χ0v) is 12.6. The Hall–Kier alpha value is -1.98. The normalized spacial score (nSPS) is 32.0. The van der Waals surface area contributed by atoms with Crippen molar-refractivity contribution >= 4 is 17.6 Å². The van der Waals surface area contributed by atoms with Gasteiger partial charge in [0.1, 0.15) is 11.6 Å². The fourth-order valence-electron chi connectivity index (χ4n) is 3.56. The zero-order valence-electron chi connectivity index (χ0n) is 12.6. The van der Waals surface area contributed by atoms with E-state index in [1.165, 1.54) is 0 Å². The van der Waals surface area contributed by atoms with Crippen LogP contribution in [0, 0.1) is 22.5 Å². The van der Waals surface area contributed by atoms with Crippen molar-refractivity contribution in [1.82, 2.24) is 0 Å². The number of rotatable bonds is 2. The molecule has 6 heteroatoms. The molecule has 118 valence electrons. The van der Waals surface area contributed by atoms with Crippen LogP contribution in [0.1, 0.15) is 33.6 Å². The molecule has 0 spiro atoms. The lowest BCUT2D eigenvalue weighted by Crippen LogP contribution is -2.50. The Kier molecular flexibility index (Phi) is 2.90. The first-order valence-electron chi connectivity index (χ1n) is 7.14. The third-order valence-corrected chi connectivity index (χ3v) is 5.63. The predicted molar refractivity (Wildman–Crippen MR) is 74.9 cm³/mol. The first-order valence-corrected chi connectivity index (χ1v) is 7.14. The van der Waals surface area contributed by atoms with Crippen LogP contribution < -0.4 is 5.32 Å². The molecule has 1 N–H and O–H groups in total. The van der Waals surface area contributed by atoms with E-state index >= 15 is 0 Å². The molecule has 1 saturated heterocycles. The van der Waals surface area contributed by atoms with Crippen molar-refractivity contribution in [1.29, 1.82) is 0 Å². The molecule has 0 aromatic heterocycles. The Morgan fingerprint density at radius 1 is 1.23 bits per heavy atom. The first-order chi connectivity index (χ1) is 10.1. The van der Waals surface area contributed by atoms with Gasteiger partial charge in [-0.1, -0.05) is 13.8 Å². The van der Waals surface area contributed by atoms with Crippen LogP contribution in [-0.4, -0.2) is 17.5 Å². The van der Waals surface area contributed by atoms with Crippen molar-refractivity contribution in [3.8, 4) is 0 Å². The van der Waals surface area contributed by atoms with Crippen molar-refractivity contribution in [3.05, 3.63) is 29.8 Å². The molecule has 1 amide bonds. The number of halogens is 2. The lowest BCUT2D eigenvalue weighted by molar-refractivity contribution is -0.165. The van der Waals surface area contributed by atoms with Crippen LogP contribution in [0.4, 0.5) is 14.5 Å². The van der Waals surface area contributed by atoms with Crippen molar-refractivity contribution in [2.45, 2.75) is 39.2 Å². The van der Waals surface area contributed by atoms with Crippen LogP contribution >= 0.6 is 0 Å². The molecule has 2 atom stereocenters. The van der Waals surface area contributed by atoms with E-state index in [0.29, 0.717) is 18.9 Å². The maximum atomic E-state index is 13.7. The molecule has 1 saturated carbocycles. The predicted octanol–water partition coefficient (Wildman–Crippen LogP) is 3.03. The highest BCUT2D eigenvalue weighted by Gasteiger charge is 2.75. The van der Waals surface area contributed by atoms with Crippen LogP contribution in [0.25, 0.3) is 0 Å². The SMILES string of the molecule is CC1(C)[C@]2(C)CC[C@]1(C(=O)Nc1ccc(F)cc1F)OC2=O. The number of nitrogens with one attached hydrogen (secondary N) is 1. The Morgan fingerprint density at radius 3 is 2.41 bits per heavy atom. The zero-order chi connectivity index (χ0) is 16.3. The summed E-state index contributed by atoms with van der Waals surface area (Å²) in [5.41, 5.74) is -2.89. The van der Waals surface area contributed by atoms with Gasteiger partial charge in [0.2, 0.25) is 0 Å². The molecule has 1 aromatic carbocycles. The summed E-state index contributed by atoms with van der Waals surface area (Å²) in [6.45, 7) is 5.41. The molecule has 1 aliphatic heterocycles.